The highest BCUT2D eigenvalue weighted by Crippen LogP contribution is 2.08. The van der Waals surface area contributed by atoms with E-state index in [1.54, 1.807) is 0 Å². The van der Waals surface area contributed by atoms with E-state index in [4.69, 9.17) is 5.11 Å². The number of aliphatic hydroxyl groups is 1. The molecule has 13 heavy (non-hydrogen) atoms. The maximum atomic E-state index is 11.2. The number of hydrogen-bond donors (Lipinski definition) is 2. The third-order valence-electron chi connectivity index (χ3n) is 2.24. The maximum Gasteiger partial charge on any atom is 0.222 e. The van der Waals surface area contributed by atoms with Gasteiger partial charge in [-0.15, -0.1) is 0 Å². The van der Waals surface area contributed by atoms with Gasteiger partial charge in [-0.25, -0.2) is 0 Å². The number of rotatable bonds is 6. The highest BCUT2D eigenvalue weighted by molar-refractivity contribution is 5.77. The minimum atomic E-state index is 0.183. The van der Waals surface area contributed by atoms with Crippen LogP contribution in [0.2, 0.25) is 0 Å². The average Bonchev–Trinajstić information content (AvgIpc) is 2.52. The highest BCUT2D eigenvalue weighted by Gasteiger charge is 2.18. The zero-order valence-corrected chi connectivity index (χ0v) is 7.96. The van der Waals surface area contributed by atoms with E-state index in [1.807, 2.05) is 4.90 Å². The average molecular weight is 186 g/mol. The van der Waals surface area contributed by atoms with Crippen molar-refractivity contribution in [3.05, 3.63) is 0 Å². The van der Waals surface area contributed by atoms with Crippen LogP contribution in [0.15, 0.2) is 0 Å². The van der Waals surface area contributed by atoms with Crippen LogP contribution in [0.5, 0.6) is 0 Å². The molecule has 0 aromatic heterocycles. The SMILES string of the molecule is O=C1CCCN1CCCNCCO. The molecule has 1 rings (SSSR count). The fourth-order valence-electron chi connectivity index (χ4n) is 1.54. The van der Waals surface area contributed by atoms with Crippen molar-refractivity contribution in [3.63, 3.8) is 0 Å². The summed E-state index contributed by atoms with van der Waals surface area (Å²) in [4.78, 5) is 13.1. The quantitative estimate of drug-likeness (QED) is 0.554. The Morgan fingerprint density at radius 1 is 1.46 bits per heavy atom. The monoisotopic (exact) mass is 186 g/mol. The van der Waals surface area contributed by atoms with Gasteiger partial charge in [-0.2, -0.15) is 0 Å². The topological polar surface area (TPSA) is 52.6 Å². The van der Waals surface area contributed by atoms with E-state index in [0.29, 0.717) is 12.5 Å². The van der Waals surface area contributed by atoms with Crippen molar-refractivity contribution < 1.29 is 9.90 Å². The van der Waals surface area contributed by atoms with Gasteiger partial charge in [0, 0.05) is 26.1 Å². The Labute approximate surface area is 78.9 Å². The third-order valence-corrected chi connectivity index (χ3v) is 2.24. The summed E-state index contributed by atoms with van der Waals surface area (Å²) in [5.74, 6) is 0.294. The summed E-state index contributed by atoms with van der Waals surface area (Å²) < 4.78 is 0. The molecule has 0 bridgehead atoms. The van der Waals surface area contributed by atoms with Crippen LogP contribution in [0, 0.1) is 0 Å². The van der Waals surface area contributed by atoms with Gasteiger partial charge in [-0.1, -0.05) is 0 Å². The first-order valence-corrected chi connectivity index (χ1v) is 4.94. The lowest BCUT2D eigenvalue weighted by Gasteiger charge is -2.14. The molecule has 76 valence electrons. The van der Waals surface area contributed by atoms with E-state index < -0.39 is 0 Å². The van der Waals surface area contributed by atoms with Crippen molar-refractivity contribution in [3.8, 4) is 0 Å². The summed E-state index contributed by atoms with van der Waals surface area (Å²) in [7, 11) is 0. The fraction of sp³-hybridized carbons (Fsp3) is 0.889. The van der Waals surface area contributed by atoms with Crippen LogP contribution in [0.4, 0.5) is 0 Å². The van der Waals surface area contributed by atoms with Crippen LogP contribution in [0.25, 0.3) is 0 Å². The van der Waals surface area contributed by atoms with Crippen molar-refractivity contribution in [1.82, 2.24) is 10.2 Å². The molecule has 0 spiro atoms. The van der Waals surface area contributed by atoms with E-state index >= 15 is 0 Å². The highest BCUT2D eigenvalue weighted by atomic mass is 16.3. The first-order valence-electron chi connectivity index (χ1n) is 4.94. The standard InChI is InChI=1S/C9H18N2O2/c12-8-5-10-4-2-7-11-6-1-3-9(11)13/h10,12H,1-8H2. The summed E-state index contributed by atoms with van der Waals surface area (Å²) in [5, 5.41) is 11.6. The number of nitrogens with zero attached hydrogens (tertiary/aromatic N) is 1. The van der Waals surface area contributed by atoms with Crippen molar-refractivity contribution in [1.29, 1.82) is 0 Å². The molecule has 1 saturated heterocycles. The van der Waals surface area contributed by atoms with Crippen molar-refractivity contribution in [2.45, 2.75) is 19.3 Å². The Bertz CT molecular complexity index is 162. The van der Waals surface area contributed by atoms with Crippen LogP contribution >= 0.6 is 0 Å². The van der Waals surface area contributed by atoms with E-state index in [9.17, 15) is 4.79 Å². The van der Waals surface area contributed by atoms with Crippen LogP contribution in [0.3, 0.4) is 0 Å². The molecule has 1 amide bonds. The summed E-state index contributed by atoms with van der Waals surface area (Å²) in [6.07, 6.45) is 2.72. The lowest BCUT2D eigenvalue weighted by Crippen LogP contribution is -2.29. The van der Waals surface area contributed by atoms with Gasteiger partial charge >= 0.3 is 0 Å². The van der Waals surface area contributed by atoms with Crippen molar-refractivity contribution >= 4 is 5.91 Å². The Morgan fingerprint density at radius 3 is 2.92 bits per heavy atom. The van der Waals surface area contributed by atoms with Gasteiger partial charge in [0.15, 0.2) is 0 Å². The molecule has 2 N–H and O–H groups in total. The van der Waals surface area contributed by atoms with Gasteiger partial charge in [0.2, 0.25) is 5.91 Å². The largest absolute Gasteiger partial charge is 0.395 e. The Balaban J connectivity index is 1.96. The molecule has 0 radical (unpaired) electrons. The van der Waals surface area contributed by atoms with Gasteiger partial charge in [0.25, 0.3) is 0 Å². The zero-order chi connectivity index (χ0) is 9.52. The minimum absolute atomic E-state index is 0.183. The molecule has 0 saturated carbocycles. The second kappa shape index (κ2) is 5.94. The molecule has 4 heteroatoms. The van der Waals surface area contributed by atoms with Crippen LogP contribution in [0.1, 0.15) is 19.3 Å². The molecular weight excluding hydrogens is 168 g/mol. The van der Waals surface area contributed by atoms with E-state index in [1.165, 1.54) is 0 Å². The number of carbonyl (C=O) groups excluding carboxylic acids is 1. The molecule has 1 fully saturated rings. The normalized spacial score (nSPS) is 17.0. The van der Waals surface area contributed by atoms with Crippen LogP contribution in [-0.4, -0.2) is 48.7 Å². The lowest BCUT2D eigenvalue weighted by molar-refractivity contribution is -0.127. The van der Waals surface area contributed by atoms with Gasteiger partial charge in [0.1, 0.15) is 0 Å². The predicted octanol–water partition coefficient (Wildman–Crippen LogP) is -0.419. The number of likely N-dealkylation sites (tertiary alicyclic amines) is 1. The van der Waals surface area contributed by atoms with Crippen molar-refractivity contribution in [2.24, 2.45) is 0 Å². The fourth-order valence-corrected chi connectivity index (χ4v) is 1.54. The molecule has 4 nitrogen and oxygen atoms in total. The molecule has 0 aromatic carbocycles. The number of hydrogen-bond acceptors (Lipinski definition) is 3. The van der Waals surface area contributed by atoms with E-state index in [0.717, 1.165) is 38.9 Å². The second-order valence-electron chi connectivity index (χ2n) is 3.31. The first kappa shape index (κ1) is 10.5. The van der Waals surface area contributed by atoms with Crippen LogP contribution in [-0.2, 0) is 4.79 Å². The first-order chi connectivity index (χ1) is 6.34. The van der Waals surface area contributed by atoms with E-state index in [-0.39, 0.29) is 6.61 Å². The number of amides is 1. The molecule has 0 aliphatic carbocycles. The maximum absolute atomic E-state index is 11.2. The molecule has 1 aliphatic rings. The molecule has 1 aliphatic heterocycles. The molecule has 0 unspecified atom stereocenters. The van der Waals surface area contributed by atoms with Gasteiger partial charge in [0.05, 0.1) is 6.61 Å². The summed E-state index contributed by atoms with van der Waals surface area (Å²) in [5.41, 5.74) is 0. The minimum Gasteiger partial charge on any atom is -0.395 e. The molecule has 0 atom stereocenters. The Hall–Kier alpha value is -0.610. The number of carbonyl (C=O) groups is 1. The Kier molecular flexibility index (Phi) is 4.78. The summed E-state index contributed by atoms with van der Waals surface area (Å²) >= 11 is 0. The van der Waals surface area contributed by atoms with Gasteiger partial charge in [-0.3, -0.25) is 4.79 Å². The van der Waals surface area contributed by atoms with Crippen LogP contribution < -0.4 is 5.32 Å². The van der Waals surface area contributed by atoms with Crippen molar-refractivity contribution in [2.75, 3.05) is 32.8 Å². The second-order valence-corrected chi connectivity index (χ2v) is 3.31. The van der Waals surface area contributed by atoms with Gasteiger partial charge in [-0.05, 0) is 19.4 Å². The third kappa shape index (κ3) is 3.74. The summed E-state index contributed by atoms with van der Waals surface area (Å²) in [6, 6.07) is 0. The molecule has 0 aromatic rings. The lowest BCUT2D eigenvalue weighted by atomic mass is 10.4. The van der Waals surface area contributed by atoms with Gasteiger partial charge < -0.3 is 15.3 Å². The number of aliphatic hydroxyl groups excluding tert-OH is 1. The smallest absolute Gasteiger partial charge is 0.222 e. The zero-order valence-electron chi connectivity index (χ0n) is 7.96. The molecular formula is C9H18N2O2. The predicted molar refractivity (Wildman–Crippen MR) is 50.4 cm³/mol. The van der Waals surface area contributed by atoms with E-state index in [2.05, 4.69) is 5.32 Å². The number of nitrogens with one attached hydrogen (secondary N) is 1. The molecule has 1 heterocycles. The summed E-state index contributed by atoms with van der Waals surface area (Å²) in [6.45, 7) is 3.50. The Morgan fingerprint density at radius 2 is 2.31 bits per heavy atom.